The molecule has 0 aliphatic heterocycles. The summed E-state index contributed by atoms with van der Waals surface area (Å²) in [6.45, 7) is 13.8. The SMILES string of the molecule is C=CC(=O)CCCCOc1ccc(C(=C)Oc2ccc(OC(=O)c3ccc(OCCCOC(=O)C=C)cc3)c(C)c2)cc1. The van der Waals surface area contributed by atoms with Gasteiger partial charge in [0.15, 0.2) is 5.78 Å². The van der Waals surface area contributed by atoms with E-state index in [0.29, 0.717) is 60.2 Å². The summed E-state index contributed by atoms with van der Waals surface area (Å²) < 4.78 is 27.8. The molecule has 0 N–H and O–H groups in total. The van der Waals surface area contributed by atoms with Gasteiger partial charge in [0.1, 0.15) is 28.8 Å². The molecule has 3 rings (SSSR count). The number of rotatable bonds is 18. The second kappa shape index (κ2) is 17.0. The van der Waals surface area contributed by atoms with Gasteiger partial charge in [-0.25, -0.2) is 9.59 Å². The molecule has 224 valence electrons. The highest BCUT2D eigenvalue weighted by molar-refractivity contribution is 5.91. The zero-order chi connectivity index (χ0) is 31.0. The zero-order valence-electron chi connectivity index (χ0n) is 24.3. The molecule has 0 aromatic heterocycles. The van der Waals surface area contributed by atoms with Crippen molar-refractivity contribution in [1.29, 1.82) is 0 Å². The van der Waals surface area contributed by atoms with E-state index in [1.165, 1.54) is 6.08 Å². The topological polar surface area (TPSA) is 97.4 Å². The van der Waals surface area contributed by atoms with Crippen LogP contribution in [0.3, 0.4) is 0 Å². The van der Waals surface area contributed by atoms with Crippen molar-refractivity contribution in [1.82, 2.24) is 0 Å². The lowest BCUT2D eigenvalue weighted by Gasteiger charge is -2.13. The van der Waals surface area contributed by atoms with E-state index in [1.54, 1.807) is 42.5 Å². The molecular formula is C35H36O8. The first-order chi connectivity index (χ1) is 20.8. The quantitative estimate of drug-likeness (QED) is 0.0515. The van der Waals surface area contributed by atoms with Gasteiger partial charge in [-0.2, -0.15) is 0 Å². The van der Waals surface area contributed by atoms with Crippen molar-refractivity contribution in [2.24, 2.45) is 0 Å². The van der Waals surface area contributed by atoms with Crippen LogP contribution in [0, 0.1) is 6.92 Å². The Morgan fingerprint density at radius 3 is 1.91 bits per heavy atom. The van der Waals surface area contributed by atoms with Crippen LogP contribution < -0.4 is 18.9 Å². The smallest absolute Gasteiger partial charge is 0.343 e. The first-order valence-corrected chi connectivity index (χ1v) is 13.9. The number of hydrogen-bond donors (Lipinski definition) is 0. The molecule has 0 bridgehead atoms. The van der Waals surface area contributed by atoms with E-state index in [4.69, 9.17) is 23.7 Å². The van der Waals surface area contributed by atoms with Crippen LogP contribution in [0.15, 0.2) is 98.6 Å². The Labute approximate surface area is 252 Å². The van der Waals surface area contributed by atoms with Gasteiger partial charge in [0, 0.05) is 24.5 Å². The van der Waals surface area contributed by atoms with Crippen LogP contribution in [0.4, 0.5) is 0 Å². The molecule has 0 aliphatic carbocycles. The second-order valence-electron chi connectivity index (χ2n) is 9.44. The van der Waals surface area contributed by atoms with Crippen molar-refractivity contribution in [3.8, 4) is 23.0 Å². The summed E-state index contributed by atoms with van der Waals surface area (Å²) in [4.78, 5) is 35.0. The maximum absolute atomic E-state index is 12.7. The summed E-state index contributed by atoms with van der Waals surface area (Å²) in [5.41, 5.74) is 1.88. The van der Waals surface area contributed by atoms with Crippen molar-refractivity contribution in [2.45, 2.75) is 32.6 Å². The number of carbonyl (C=O) groups is 3. The summed E-state index contributed by atoms with van der Waals surface area (Å²) in [6, 6.07) is 19.1. The van der Waals surface area contributed by atoms with E-state index >= 15 is 0 Å². The van der Waals surface area contributed by atoms with Crippen molar-refractivity contribution in [3.63, 3.8) is 0 Å². The molecule has 0 amide bonds. The molecule has 8 nitrogen and oxygen atoms in total. The lowest BCUT2D eigenvalue weighted by molar-refractivity contribution is -0.137. The molecule has 0 aliphatic rings. The Morgan fingerprint density at radius 2 is 1.30 bits per heavy atom. The summed E-state index contributed by atoms with van der Waals surface area (Å²) in [5, 5.41) is 0. The standard InChI is InChI=1S/C35H36O8/c1-5-29(36)10-7-8-21-39-30-15-11-27(12-16-30)26(4)42-32-19-20-33(25(3)24-32)43-35(38)28-13-17-31(18-14-28)40-22-9-23-41-34(37)6-2/h5-6,11-20,24H,1-2,4,7-10,21-23H2,3H3. The van der Waals surface area contributed by atoms with E-state index < -0.39 is 11.9 Å². The highest BCUT2D eigenvalue weighted by Gasteiger charge is 2.12. The van der Waals surface area contributed by atoms with Gasteiger partial charge in [0.25, 0.3) is 0 Å². The van der Waals surface area contributed by atoms with Crippen molar-refractivity contribution < 1.29 is 38.1 Å². The number of benzene rings is 3. The highest BCUT2D eigenvalue weighted by Crippen LogP contribution is 2.28. The molecule has 0 fully saturated rings. The van der Waals surface area contributed by atoms with E-state index in [2.05, 4.69) is 19.7 Å². The molecular weight excluding hydrogens is 548 g/mol. The van der Waals surface area contributed by atoms with Gasteiger partial charge in [0.2, 0.25) is 0 Å². The van der Waals surface area contributed by atoms with Gasteiger partial charge in [-0.05, 0) is 98.1 Å². The van der Waals surface area contributed by atoms with Gasteiger partial charge < -0.3 is 23.7 Å². The third kappa shape index (κ3) is 11.0. The predicted molar refractivity (Wildman–Crippen MR) is 165 cm³/mol. The Balaban J connectivity index is 1.45. The van der Waals surface area contributed by atoms with E-state index in [-0.39, 0.29) is 12.4 Å². The van der Waals surface area contributed by atoms with Gasteiger partial charge in [-0.1, -0.05) is 19.7 Å². The molecule has 0 atom stereocenters. The van der Waals surface area contributed by atoms with Crippen LogP contribution in [-0.2, 0) is 14.3 Å². The molecule has 0 heterocycles. The van der Waals surface area contributed by atoms with E-state index in [9.17, 15) is 14.4 Å². The van der Waals surface area contributed by atoms with Crippen LogP contribution in [-0.4, -0.2) is 37.5 Å². The van der Waals surface area contributed by atoms with Gasteiger partial charge >= 0.3 is 11.9 Å². The number of unbranched alkanes of at least 4 members (excludes halogenated alkanes) is 1. The highest BCUT2D eigenvalue weighted by atomic mass is 16.5. The molecule has 3 aromatic rings. The van der Waals surface area contributed by atoms with Crippen LogP contribution >= 0.6 is 0 Å². The van der Waals surface area contributed by atoms with Gasteiger partial charge in [-0.15, -0.1) is 0 Å². The van der Waals surface area contributed by atoms with Crippen molar-refractivity contribution >= 4 is 23.5 Å². The summed E-state index contributed by atoms with van der Waals surface area (Å²) in [7, 11) is 0. The third-order valence-electron chi connectivity index (χ3n) is 6.14. The van der Waals surface area contributed by atoms with Gasteiger partial charge in [-0.3, -0.25) is 4.79 Å². The van der Waals surface area contributed by atoms with Crippen molar-refractivity contribution in [3.05, 3.63) is 115 Å². The number of esters is 2. The minimum absolute atomic E-state index is 0.0437. The third-order valence-corrected chi connectivity index (χ3v) is 6.14. The maximum atomic E-state index is 12.7. The molecule has 0 saturated carbocycles. The van der Waals surface area contributed by atoms with Gasteiger partial charge in [0.05, 0.1) is 25.4 Å². The number of carbonyl (C=O) groups excluding carboxylic acids is 3. The van der Waals surface area contributed by atoms with E-state index in [1.807, 2.05) is 31.2 Å². The number of hydrogen-bond acceptors (Lipinski definition) is 8. The average molecular weight is 585 g/mol. The minimum Gasteiger partial charge on any atom is -0.494 e. The molecule has 3 aromatic carbocycles. The summed E-state index contributed by atoms with van der Waals surface area (Å²) in [5.74, 6) is 1.80. The van der Waals surface area contributed by atoms with Crippen LogP contribution in [0.1, 0.15) is 47.2 Å². The normalized spacial score (nSPS) is 10.3. The lowest BCUT2D eigenvalue weighted by atomic mass is 10.1. The number of ether oxygens (including phenoxy) is 5. The Bertz CT molecular complexity index is 1420. The predicted octanol–water partition coefficient (Wildman–Crippen LogP) is 7.07. The Kier molecular flexibility index (Phi) is 12.8. The zero-order valence-corrected chi connectivity index (χ0v) is 24.3. The fraction of sp³-hybridized carbons (Fsp3) is 0.229. The Morgan fingerprint density at radius 1 is 0.698 bits per heavy atom. The second-order valence-corrected chi connectivity index (χ2v) is 9.44. The average Bonchev–Trinajstić information content (AvgIpc) is 3.02. The number of allylic oxidation sites excluding steroid dienone is 1. The molecule has 43 heavy (non-hydrogen) atoms. The molecule has 0 radical (unpaired) electrons. The first kappa shape index (κ1) is 32.4. The monoisotopic (exact) mass is 584 g/mol. The molecule has 0 spiro atoms. The van der Waals surface area contributed by atoms with Crippen LogP contribution in [0.2, 0.25) is 0 Å². The molecule has 0 saturated heterocycles. The van der Waals surface area contributed by atoms with Crippen LogP contribution in [0.5, 0.6) is 23.0 Å². The largest absolute Gasteiger partial charge is 0.494 e. The molecule has 0 unspecified atom stereocenters. The number of ketones is 1. The summed E-state index contributed by atoms with van der Waals surface area (Å²) in [6.07, 6.45) is 5.00. The minimum atomic E-state index is -0.503. The fourth-order valence-electron chi connectivity index (χ4n) is 3.76. The fourth-order valence-corrected chi connectivity index (χ4v) is 3.76. The Hall–Kier alpha value is -5.11. The maximum Gasteiger partial charge on any atom is 0.343 e. The first-order valence-electron chi connectivity index (χ1n) is 13.9. The summed E-state index contributed by atoms with van der Waals surface area (Å²) >= 11 is 0. The lowest BCUT2D eigenvalue weighted by Crippen LogP contribution is -2.09. The van der Waals surface area contributed by atoms with E-state index in [0.717, 1.165) is 30.2 Å². The number of aryl methyl sites for hydroxylation is 1. The van der Waals surface area contributed by atoms with Crippen LogP contribution in [0.25, 0.3) is 5.76 Å². The van der Waals surface area contributed by atoms with Crippen molar-refractivity contribution in [2.75, 3.05) is 19.8 Å². The molecule has 8 heteroatoms.